The van der Waals surface area contributed by atoms with Gasteiger partial charge < -0.3 is 14.7 Å². The molecule has 3 atom stereocenters. The fourth-order valence-electron chi connectivity index (χ4n) is 3.06. The minimum atomic E-state index is -0.849. The number of ether oxygens (including phenoxy) is 1. The Bertz CT molecular complexity index is 526. The molecule has 0 aromatic heterocycles. The number of benzene rings is 1. The minimum absolute atomic E-state index is 0.0309. The standard InChI is InChI=1S/C16H21NO4/c1-4-21-13-7-5-12(6-8-13)17-11(3)15(16(19)20)10(2)9-14(17)18/h5-8,10-11,15H,4,9H2,1-3H3,(H,19,20). The lowest BCUT2D eigenvalue weighted by Gasteiger charge is -2.40. The third kappa shape index (κ3) is 3.01. The van der Waals surface area contributed by atoms with Crippen LogP contribution in [0.3, 0.4) is 0 Å². The summed E-state index contributed by atoms with van der Waals surface area (Å²) in [6.07, 6.45) is 0.258. The third-order valence-electron chi connectivity index (χ3n) is 4.02. The molecule has 1 N–H and O–H groups in total. The number of hydrogen-bond acceptors (Lipinski definition) is 3. The second-order valence-corrected chi connectivity index (χ2v) is 5.48. The van der Waals surface area contributed by atoms with Gasteiger partial charge in [-0.3, -0.25) is 9.59 Å². The van der Waals surface area contributed by atoms with Crippen LogP contribution in [-0.4, -0.2) is 29.6 Å². The summed E-state index contributed by atoms with van der Waals surface area (Å²) in [6, 6.07) is 6.83. The number of hydrogen-bond donors (Lipinski definition) is 1. The van der Waals surface area contributed by atoms with Crippen LogP contribution >= 0.6 is 0 Å². The number of carboxylic acids is 1. The average Bonchev–Trinajstić information content (AvgIpc) is 2.40. The van der Waals surface area contributed by atoms with Crippen LogP contribution in [0.4, 0.5) is 5.69 Å². The number of carboxylic acid groups (broad SMARTS) is 1. The van der Waals surface area contributed by atoms with Crippen molar-refractivity contribution in [3.8, 4) is 5.75 Å². The number of carbonyl (C=O) groups excluding carboxylic acids is 1. The summed E-state index contributed by atoms with van der Waals surface area (Å²) >= 11 is 0. The van der Waals surface area contributed by atoms with E-state index >= 15 is 0 Å². The summed E-state index contributed by atoms with van der Waals surface area (Å²) in [7, 11) is 0. The van der Waals surface area contributed by atoms with Gasteiger partial charge in [0.25, 0.3) is 0 Å². The molecule has 3 unspecified atom stereocenters. The first-order valence-corrected chi connectivity index (χ1v) is 7.23. The number of rotatable bonds is 4. The zero-order chi connectivity index (χ0) is 15.6. The number of aliphatic carboxylic acids is 1. The maximum Gasteiger partial charge on any atom is 0.308 e. The van der Waals surface area contributed by atoms with E-state index < -0.39 is 11.9 Å². The zero-order valence-electron chi connectivity index (χ0n) is 12.6. The largest absolute Gasteiger partial charge is 0.494 e. The van der Waals surface area contributed by atoms with Crippen molar-refractivity contribution < 1.29 is 19.4 Å². The van der Waals surface area contributed by atoms with Crippen molar-refractivity contribution in [2.24, 2.45) is 11.8 Å². The Labute approximate surface area is 124 Å². The molecule has 114 valence electrons. The lowest BCUT2D eigenvalue weighted by atomic mass is 9.81. The Balaban J connectivity index is 2.28. The van der Waals surface area contributed by atoms with Crippen molar-refractivity contribution in [2.45, 2.75) is 33.2 Å². The van der Waals surface area contributed by atoms with Gasteiger partial charge in [0.1, 0.15) is 5.75 Å². The second kappa shape index (κ2) is 6.16. The number of nitrogens with zero attached hydrogens (tertiary/aromatic N) is 1. The Morgan fingerprint density at radius 1 is 1.33 bits per heavy atom. The first-order valence-electron chi connectivity index (χ1n) is 7.23. The molecule has 5 heteroatoms. The smallest absolute Gasteiger partial charge is 0.308 e. The van der Waals surface area contributed by atoms with Crippen molar-refractivity contribution >= 4 is 17.6 Å². The summed E-state index contributed by atoms with van der Waals surface area (Å²) in [6.45, 7) is 6.10. The third-order valence-corrected chi connectivity index (χ3v) is 4.02. The lowest BCUT2D eigenvalue weighted by molar-refractivity contribution is -0.146. The Hall–Kier alpha value is -2.04. The van der Waals surface area contributed by atoms with E-state index in [0.29, 0.717) is 12.3 Å². The van der Waals surface area contributed by atoms with Gasteiger partial charge in [0.2, 0.25) is 5.91 Å². The summed E-state index contributed by atoms with van der Waals surface area (Å²) in [5, 5.41) is 9.39. The van der Waals surface area contributed by atoms with Crippen LogP contribution in [-0.2, 0) is 9.59 Å². The molecule has 0 spiro atoms. The first kappa shape index (κ1) is 15.4. The topological polar surface area (TPSA) is 66.8 Å². The Morgan fingerprint density at radius 3 is 2.48 bits per heavy atom. The van der Waals surface area contributed by atoms with E-state index in [1.807, 2.05) is 13.8 Å². The highest BCUT2D eigenvalue weighted by molar-refractivity contribution is 5.96. The molecule has 5 nitrogen and oxygen atoms in total. The first-order chi connectivity index (χ1) is 9.95. The van der Waals surface area contributed by atoms with Gasteiger partial charge in [0.15, 0.2) is 0 Å². The monoisotopic (exact) mass is 291 g/mol. The molecule has 1 heterocycles. The molecular weight excluding hydrogens is 270 g/mol. The van der Waals surface area contributed by atoms with Crippen LogP contribution < -0.4 is 9.64 Å². The summed E-state index contributed by atoms with van der Waals surface area (Å²) in [5.41, 5.74) is 0.717. The van der Waals surface area contributed by atoms with Crippen LogP contribution in [0.15, 0.2) is 24.3 Å². The van der Waals surface area contributed by atoms with E-state index in [9.17, 15) is 14.7 Å². The fraction of sp³-hybridized carbons (Fsp3) is 0.500. The molecule has 0 radical (unpaired) electrons. The fourth-order valence-corrected chi connectivity index (χ4v) is 3.06. The van der Waals surface area contributed by atoms with Crippen LogP contribution in [0.1, 0.15) is 27.2 Å². The minimum Gasteiger partial charge on any atom is -0.494 e. The van der Waals surface area contributed by atoms with E-state index in [0.717, 1.165) is 5.75 Å². The number of carbonyl (C=O) groups is 2. The van der Waals surface area contributed by atoms with Crippen molar-refractivity contribution in [2.75, 3.05) is 11.5 Å². The van der Waals surface area contributed by atoms with E-state index in [2.05, 4.69) is 0 Å². The van der Waals surface area contributed by atoms with Gasteiger partial charge in [0, 0.05) is 18.2 Å². The molecule has 0 aliphatic carbocycles. The van der Waals surface area contributed by atoms with Gasteiger partial charge in [-0.15, -0.1) is 0 Å². The normalized spacial score (nSPS) is 25.8. The highest BCUT2D eigenvalue weighted by atomic mass is 16.5. The lowest BCUT2D eigenvalue weighted by Crippen LogP contribution is -2.53. The van der Waals surface area contributed by atoms with Gasteiger partial charge in [-0.2, -0.15) is 0 Å². The van der Waals surface area contributed by atoms with E-state index in [1.54, 1.807) is 36.1 Å². The maximum atomic E-state index is 12.3. The molecule has 1 amide bonds. The molecule has 1 aromatic carbocycles. The summed E-state index contributed by atoms with van der Waals surface area (Å²) in [4.78, 5) is 25.3. The van der Waals surface area contributed by atoms with Crippen molar-refractivity contribution in [3.05, 3.63) is 24.3 Å². The summed E-state index contributed by atoms with van der Waals surface area (Å²) < 4.78 is 5.38. The van der Waals surface area contributed by atoms with Crippen molar-refractivity contribution in [3.63, 3.8) is 0 Å². The molecule has 1 aliphatic rings. The SMILES string of the molecule is CCOc1ccc(N2C(=O)CC(C)C(C(=O)O)C2C)cc1. The average molecular weight is 291 g/mol. The van der Waals surface area contributed by atoms with Gasteiger partial charge in [0.05, 0.1) is 12.5 Å². The molecule has 0 bridgehead atoms. The molecule has 1 fully saturated rings. The molecule has 1 saturated heterocycles. The van der Waals surface area contributed by atoms with Gasteiger partial charge in [-0.25, -0.2) is 0 Å². The Kier molecular flexibility index (Phi) is 4.50. The van der Waals surface area contributed by atoms with E-state index in [1.165, 1.54) is 0 Å². The highest BCUT2D eigenvalue weighted by Gasteiger charge is 2.42. The quantitative estimate of drug-likeness (QED) is 0.925. The number of anilines is 1. The maximum absolute atomic E-state index is 12.3. The van der Waals surface area contributed by atoms with Crippen LogP contribution in [0.2, 0.25) is 0 Å². The highest BCUT2D eigenvalue weighted by Crippen LogP contribution is 2.34. The van der Waals surface area contributed by atoms with Crippen molar-refractivity contribution in [1.82, 2.24) is 0 Å². The molecule has 1 aliphatic heterocycles. The van der Waals surface area contributed by atoms with Gasteiger partial charge in [-0.1, -0.05) is 6.92 Å². The second-order valence-electron chi connectivity index (χ2n) is 5.48. The molecule has 1 aromatic rings. The Morgan fingerprint density at radius 2 is 1.95 bits per heavy atom. The van der Waals surface area contributed by atoms with Gasteiger partial charge >= 0.3 is 5.97 Å². The molecule has 2 rings (SSSR count). The van der Waals surface area contributed by atoms with Crippen LogP contribution in [0.5, 0.6) is 5.75 Å². The van der Waals surface area contributed by atoms with E-state index in [-0.39, 0.29) is 24.3 Å². The molecule has 0 saturated carbocycles. The van der Waals surface area contributed by atoms with E-state index in [4.69, 9.17) is 4.74 Å². The number of amides is 1. The molecule has 21 heavy (non-hydrogen) atoms. The van der Waals surface area contributed by atoms with Crippen LogP contribution in [0, 0.1) is 11.8 Å². The van der Waals surface area contributed by atoms with Gasteiger partial charge in [-0.05, 0) is 44.0 Å². The predicted octanol–water partition coefficient (Wildman–Crippen LogP) is 2.55. The molecular formula is C16H21NO4. The predicted molar refractivity (Wildman–Crippen MR) is 79.5 cm³/mol. The summed E-state index contributed by atoms with van der Waals surface area (Å²) in [5.74, 6) is -0.838. The zero-order valence-corrected chi connectivity index (χ0v) is 12.6. The number of piperidine rings is 1. The van der Waals surface area contributed by atoms with Crippen LogP contribution in [0.25, 0.3) is 0 Å². The van der Waals surface area contributed by atoms with Crippen molar-refractivity contribution in [1.29, 1.82) is 0 Å².